The van der Waals surface area contributed by atoms with Gasteiger partial charge in [-0.25, -0.2) is 4.79 Å². The number of halogens is 1. The van der Waals surface area contributed by atoms with Crippen LogP contribution < -0.4 is 10.6 Å². The Balaban J connectivity index is 2.62. The molecule has 2 rings (SSSR count). The second-order valence-corrected chi connectivity index (χ2v) is 17.4. The van der Waals surface area contributed by atoms with Crippen molar-refractivity contribution in [3.63, 3.8) is 0 Å². The Morgan fingerprint density at radius 1 is 1.23 bits per heavy atom. The third-order valence-electron chi connectivity index (χ3n) is 7.40. The first-order valence-electron chi connectivity index (χ1n) is 12.5. The van der Waals surface area contributed by atoms with E-state index in [1.54, 1.807) is 17.0 Å². The Hall–Kier alpha value is -1.95. The van der Waals surface area contributed by atoms with Crippen molar-refractivity contribution in [2.75, 3.05) is 23.7 Å². The number of benzene rings is 1. The van der Waals surface area contributed by atoms with Crippen molar-refractivity contribution in [3.05, 3.63) is 22.7 Å². The quantitative estimate of drug-likeness (QED) is 0.304. The zero-order valence-electron chi connectivity index (χ0n) is 22.7. The molecule has 1 heterocycles. The van der Waals surface area contributed by atoms with Crippen molar-refractivity contribution in [1.82, 2.24) is 4.90 Å². The number of nitrogen functional groups attached to an aromatic ring is 1. The SMILES string of the molecule is CC(C)[Si](O[C@H]1CN(c2cc(C#N)cc(N)c2Cl)CC[C@H]1N(C(=O)O)C(C)(C)C)(C(C)C)C(C)C. The molecule has 1 aromatic rings. The number of hydrogen-bond acceptors (Lipinski definition) is 5. The standard InChI is InChI=1S/C26H43ClN4O3Si/c1-16(2)35(17(3)4,18(5)6)34-23-15-30(22-13-19(14-28)12-20(29)24(22)27)11-10-21(23)31(25(32)33)26(7,8)9/h12-13,16-18,21,23H,10-11,15,29H2,1-9H3,(H,32,33)/t21-,23+/m1/s1. The van der Waals surface area contributed by atoms with Crippen molar-refractivity contribution in [3.8, 4) is 6.07 Å². The van der Waals surface area contributed by atoms with E-state index in [9.17, 15) is 15.2 Å². The molecule has 1 aliphatic rings. The van der Waals surface area contributed by atoms with Gasteiger partial charge in [-0.05, 0) is 55.9 Å². The fourth-order valence-corrected chi connectivity index (χ4v) is 11.9. The molecular weight excluding hydrogens is 480 g/mol. The van der Waals surface area contributed by atoms with Gasteiger partial charge < -0.3 is 20.2 Å². The summed E-state index contributed by atoms with van der Waals surface area (Å²) < 4.78 is 7.23. The molecule has 3 N–H and O–H groups in total. The van der Waals surface area contributed by atoms with Crippen LogP contribution in [0.5, 0.6) is 0 Å². The van der Waals surface area contributed by atoms with E-state index >= 15 is 0 Å². The number of anilines is 2. The Kier molecular flexibility index (Phi) is 9.18. The van der Waals surface area contributed by atoms with Gasteiger partial charge in [-0.15, -0.1) is 0 Å². The Morgan fingerprint density at radius 2 is 1.77 bits per heavy atom. The van der Waals surface area contributed by atoms with Gasteiger partial charge in [-0.2, -0.15) is 5.26 Å². The van der Waals surface area contributed by atoms with Gasteiger partial charge in [0.15, 0.2) is 0 Å². The van der Waals surface area contributed by atoms with Crippen LogP contribution in [0.2, 0.25) is 21.6 Å². The molecule has 196 valence electrons. The maximum Gasteiger partial charge on any atom is 0.408 e. The molecular formula is C26H43ClN4O3Si. The summed E-state index contributed by atoms with van der Waals surface area (Å²) in [5.74, 6) is 0. The van der Waals surface area contributed by atoms with Gasteiger partial charge >= 0.3 is 6.09 Å². The predicted octanol–water partition coefficient (Wildman–Crippen LogP) is 6.71. The lowest BCUT2D eigenvalue weighted by Gasteiger charge is -2.52. The molecule has 7 nitrogen and oxygen atoms in total. The third-order valence-corrected chi connectivity index (χ3v) is 13.9. The van der Waals surface area contributed by atoms with Crippen LogP contribution in [0.4, 0.5) is 16.2 Å². The number of hydrogen-bond donors (Lipinski definition) is 2. The third kappa shape index (κ3) is 5.90. The van der Waals surface area contributed by atoms with Crippen LogP contribution in [0.25, 0.3) is 0 Å². The molecule has 2 atom stereocenters. The van der Waals surface area contributed by atoms with E-state index in [0.29, 0.717) is 58.1 Å². The van der Waals surface area contributed by atoms with E-state index in [0.717, 1.165) is 0 Å². The van der Waals surface area contributed by atoms with Crippen molar-refractivity contribution in [2.45, 2.75) is 103 Å². The van der Waals surface area contributed by atoms with Gasteiger partial charge in [-0.3, -0.25) is 4.90 Å². The molecule has 1 saturated heterocycles. The van der Waals surface area contributed by atoms with Gasteiger partial charge in [0.2, 0.25) is 8.32 Å². The Bertz CT molecular complexity index is 933. The summed E-state index contributed by atoms with van der Waals surface area (Å²) in [5, 5.41) is 20.1. The minimum Gasteiger partial charge on any atom is -0.465 e. The Morgan fingerprint density at radius 3 is 2.20 bits per heavy atom. The first-order valence-corrected chi connectivity index (χ1v) is 15.0. The minimum absolute atomic E-state index is 0.304. The second kappa shape index (κ2) is 11.0. The smallest absolute Gasteiger partial charge is 0.408 e. The summed E-state index contributed by atoms with van der Waals surface area (Å²) >= 11 is 6.60. The van der Waals surface area contributed by atoms with Crippen LogP contribution in [0.3, 0.4) is 0 Å². The van der Waals surface area contributed by atoms with E-state index in [2.05, 4.69) is 52.5 Å². The largest absolute Gasteiger partial charge is 0.465 e. The number of rotatable bonds is 7. The topological polar surface area (TPSA) is 103 Å². The molecule has 0 unspecified atom stereocenters. The fourth-order valence-electron chi connectivity index (χ4n) is 6.06. The van der Waals surface area contributed by atoms with Crippen LogP contribution >= 0.6 is 11.6 Å². The molecule has 1 amide bonds. The van der Waals surface area contributed by atoms with Crippen LogP contribution in [-0.2, 0) is 4.43 Å². The van der Waals surface area contributed by atoms with Crippen molar-refractivity contribution in [2.24, 2.45) is 0 Å². The summed E-state index contributed by atoms with van der Waals surface area (Å²) in [7, 11) is -2.33. The molecule has 0 bridgehead atoms. The Labute approximate surface area is 217 Å². The van der Waals surface area contributed by atoms with Crippen LogP contribution in [-0.4, -0.2) is 55.2 Å². The van der Waals surface area contributed by atoms with Crippen LogP contribution in [0, 0.1) is 11.3 Å². The van der Waals surface area contributed by atoms with Crippen molar-refractivity contribution < 1.29 is 14.3 Å². The molecule has 0 aromatic heterocycles. The molecule has 0 radical (unpaired) electrons. The summed E-state index contributed by atoms with van der Waals surface area (Å²) in [5.41, 5.74) is 8.09. The fraction of sp³-hybridized carbons (Fsp3) is 0.692. The van der Waals surface area contributed by atoms with Gasteiger partial charge in [0.1, 0.15) is 0 Å². The molecule has 0 saturated carbocycles. The average molecular weight is 523 g/mol. The second-order valence-electron chi connectivity index (χ2n) is 11.6. The molecule has 1 aromatic carbocycles. The van der Waals surface area contributed by atoms with Crippen LogP contribution in [0.15, 0.2) is 12.1 Å². The number of nitriles is 1. The number of piperidine rings is 1. The predicted molar refractivity (Wildman–Crippen MR) is 147 cm³/mol. The molecule has 0 aliphatic carbocycles. The zero-order valence-corrected chi connectivity index (χ0v) is 24.5. The maximum atomic E-state index is 12.5. The summed E-state index contributed by atoms with van der Waals surface area (Å²) in [6, 6.07) is 5.18. The van der Waals surface area contributed by atoms with E-state index in [1.807, 2.05) is 20.8 Å². The first-order chi connectivity index (χ1) is 16.1. The summed E-state index contributed by atoms with van der Waals surface area (Å²) in [4.78, 5) is 16.2. The van der Waals surface area contributed by atoms with Gasteiger partial charge in [0, 0.05) is 18.6 Å². The lowest BCUT2D eigenvalue weighted by Crippen LogP contribution is -2.64. The molecule has 1 fully saturated rings. The summed E-state index contributed by atoms with van der Waals surface area (Å²) in [6.45, 7) is 20.2. The normalized spacial score (nSPS) is 19.4. The molecule has 0 spiro atoms. The first kappa shape index (κ1) is 29.3. The van der Waals surface area contributed by atoms with Crippen LogP contribution in [0.1, 0.15) is 74.3 Å². The van der Waals surface area contributed by atoms with Gasteiger partial charge in [0.05, 0.1) is 40.2 Å². The lowest BCUT2D eigenvalue weighted by atomic mass is 9.94. The highest BCUT2D eigenvalue weighted by atomic mass is 35.5. The zero-order chi connectivity index (χ0) is 26.9. The lowest BCUT2D eigenvalue weighted by molar-refractivity contribution is 0.00285. The number of nitrogens with two attached hydrogens (primary N) is 1. The van der Waals surface area contributed by atoms with E-state index in [1.165, 1.54) is 0 Å². The number of amides is 1. The minimum atomic E-state index is -2.33. The highest BCUT2D eigenvalue weighted by molar-refractivity contribution is 6.77. The number of carbonyl (C=O) groups is 1. The highest BCUT2D eigenvalue weighted by Crippen LogP contribution is 2.45. The maximum absolute atomic E-state index is 12.5. The summed E-state index contributed by atoms with van der Waals surface area (Å²) in [6.07, 6.45) is -0.704. The highest BCUT2D eigenvalue weighted by Gasteiger charge is 2.50. The average Bonchev–Trinajstić information content (AvgIpc) is 2.72. The number of nitrogens with zero attached hydrogens (tertiary/aromatic N) is 3. The number of carboxylic acid groups (broad SMARTS) is 1. The monoisotopic (exact) mass is 522 g/mol. The van der Waals surface area contributed by atoms with E-state index in [-0.39, 0.29) is 12.1 Å². The van der Waals surface area contributed by atoms with Gasteiger partial charge in [0.25, 0.3) is 0 Å². The molecule has 9 heteroatoms. The van der Waals surface area contributed by atoms with Gasteiger partial charge in [-0.1, -0.05) is 53.1 Å². The van der Waals surface area contributed by atoms with Crippen molar-refractivity contribution in [1.29, 1.82) is 5.26 Å². The van der Waals surface area contributed by atoms with Crippen molar-refractivity contribution >= 4 is 37.4 Å². The van der Waals surface area contributed by atoms with E-state index in [4.69, 9.17) is 21.8 Å². The molecule has 1 aliphatic heterocycles. The van der Waals surface area contributed by atoms with E-state index < -0.39 is 19.9 Å². The molecule has 35 heavy (non-hydrogen) atoms.